The molecule has 490 valence electrons. The van der Waals surface area contributed by atoms with Gasteiger partial charge in [-0.2, -0.15) is 10.1 Å². The van der Waals surface area contributed by atoms with Gasteiger partial charge in [-0.1, -0.05) is 152 Å². The highest BCUT2D eigenvalue weighted by atomic mass is 16.5. The topological polar surface area (TPSA) is 224 Å². The minimum Gasteiger partial charge on any atom is -0.368 e. The summed E-state index contributed by atoms with van der Waals surface area (Å²) in [6.07, 6.45) is 1.72. The van der Waals surface area contributed by atoms with Crippen LogP contribution in [0.1, 0.15) is 174 Å². The third kappa shape index (κ3) is 17.6. The van der Waals surface area contributed by atoms with E-state index in [1.165, 1.54) is 39.5 Å². The van der Waals surface area contributed by atoms with Crippen molar-refractivity contribution < 1.29 is 44.0 Å². The predicted molar refractivity (Wildman–Crippen MR) is 351 cm³/mol. The number of piperidine rings is 2. The number of benzene rings is 5. The van der Waals surface area contributed by atoms with Crippen molar-refractivity contribution in [2.75, 3.05) is 45.8 Å². The van der Waals surface area contributed by atoms with E-state index in [0.29, 0.717) is 42.4 Å². The van der Waals surface area contributed by atoms with Crippen LogP contribution in [-0.2, 0) is 33.6 Å². The van der Waals surface area contributed by atoms with Crippen LogP contribution >= 0.6 is 0 Å². The number of amides is 7. The van der Waals surface area contributed by atoms with Crippen molar-refractivity contribution in [3.05, 3.63) is 179 Å². The minimum absolute atomic E-state index is 0.0977. The van der Waals surface area contributed by atoms with Gasteiger partial charge in [0.25, 0.3) is 0 Å². The smallest absolute Gasteiger partial charge is 0.243 e. The van der Waals surface area contributed by atoms with E-state index in [1.54, 1.807) is 13.8 Å². The Morgan fingerprint density at radius 3 is 0.879 bits per heavy atom. The summed E-state index contributed by atoms with van der Waals surface area (Å²) in [5, 5.41) is 28.4. The van der Waals surface area contributed by atoms with Crippen molar-refractivity contribution >= 4 is 41.4 Å². The Morgan fingerprint density at radius 2 is 0.626 bits per heavy atom. The Hall–Kier alpha value is -7.81. The number of carbonyl (C=O) groups is 7. The number of primary amides is 1. The van der Waals surface area contributed by atoms with Crippen LogP contribution in [0.2, 0.25) is 0 Å². The molecule has 7 amide bonds. The van der Waals surface area contributed by atoms with Crippen molar-refractivity contribution in [1.82, 2.24) is 44.8 Å². The average molecular weight is 1250 g/mol. The fourth-order valence-electron chi connectivity index (χ4n) is 13.7. The van der Waals surface area contributed by atoms with E-state index in [4.69, 9.17) is 5.73 Å². The summed E-state index contributed by atoms with van der Waals surface area (Å²) in [7, 11) is 0. The van der Waals surface area contributed by atoms with Gasteiger partial charge in [-0.3, -0.25) is 33.6 Å². The number of nitrogens with zero attached hydrogens (tertiary/aromatic N) is 8. The van der Waals surface area contributed by atoms with Gasteiger partial charge < -0.3 is 50.9 Å². The fourth-order valence-corrected chi connectivity index (χ4v) is 13.7. The first-order valence-electron chi connectivity index (χ1n) is 31.8. The molecule has 2 aliphatic heterocycles. The van der Waals surface area contributed by atoms with E-state index in [1.807, 2.05) is 228 Å². The molecule has 19 nitrogen and oxygen atoms in total. The van der Waals surface area contributed by atoms with Gasteiger partial charge in [0, 0.05) is 34.2 Å². The van der Waals surface area contributed by atoms with Gasteiger partial charge in [-0.05, 0) is 144 Å². The largest absolute Gasteiger partial charge is 0.368 e. The molecule has 0 saturated carbocycles. The molecule has 5 aromatic carbocycles. The maximum atomic E-state index is 15.7. The predicted octanol–water partition coefficient (Wildman–Crippen LogP) is 9.66. The van der Waals surface area contributed by atoms with E-state index < -0.39 is 133 Å². The van der Waals surface area contributed by atoms with Gasteiger partial charge in [-0.15, -0.1) is 0 Å². The Kier molecular flexibility index (Phi) is 23.4. The second kappa shape index (κ2) is 30.1. The number of hydroxylamine groups is 4. The zero-order chi connectivity index (χ0) is 66.8. The second-order valence-electron chi connectivity index (χ2n) is 27.5. The van der Waals surface area contributed by atoms with Crippen LogP contribution in [0.3, 0.4) is 0 Å². The van der Waals surface area contributed by atoms with Crippen LogP contribution in [-0.4, -0.2) is 171 Å². The van der Waals surface area contributed by atoms with E-state index in [0.717, 1.165) is 11.1 Å². The zero-order valence-corrected chi connectivity index (χ0v) is 55.7. The normalized spacial score (nSPS) is 18.1. The van der Waals surface area contributed by atoms with Gasteiger partial charge >= 0.3 is 0 Å². The molecule has 2 heterocycles. The molecule has 5 N–H and O–H groups in total. The average Bonchev–Trinajstić information content (AvgIpc) is 0.804. The SMILES string of the molecule is CC(c1ccccc1)N(CC(=O)N(CC(N)=O)C1CC(C)(C)N(O)C(C)(C)C1)C(=O)CN(C(=O)CN(C(=O)CN(C(=O)CN(C(=O)CNC1CC(C)(C)N(O)C(C)(C)C1)C(C)c1ccccc1)[C@H](C)c1ccccc1)C(C)c1ccccc1)[C@H](C)c1ccccc1. The number of rotatable bonds is 26. The van der Waals surface area contributed by atoms with E-state index in [2.05, 4.69) is 5.32 Å². The van der Waals surface area contributed by atoms with Gasteiger partial charge in [0.05, 0.1) is 43.3 Å². The highest BCUT2D eigenvalue weighted by Crippen LogP contribution is 2.40. The van der Waals surface area contributed by atoms with Gasteiger partial charge in [-0.25, -0.2) is 0 Å². The second-order valence-corrected chi connectivity index (χ2v) is 27.5. The third-order valence-corrected chi connectivity index (χ3v) is 18.8. The first-order chi connectivity index (χ1) is 42.8. The molecule has 0 bridgehead atoms. The molecule has 2 saturated heterocycles. The molecule has 2 fully saturated rings. The van der Waals surface area contributed by atoms with Crippen LogP contribution in [0.25, 0.3) is 0 Å². The van der Waals surface area contributed by atoms with Crippen LogP contribution < -0.4 is 11.1 Å². The summed E-state index contributed by atoms with van der Waals surface area (Å²) in [6, 6.07) is 42.2. The molecule has 0 radical (unpaired) electrons. The van der Waals surface area contributed by atoms with Gasteiger partial charge in [0.2, 0.25) is 41.4 Å². The Bertz CT molecular complexity index is 3230. The van der Waals surface area contributed by atoms with Crippen LogP contribution in [0.4, 0.5) is 0 Å². The summed E-state index contributed by atoms with van der Waals surface area (Å²) >= 11 is 0. The Morgan fingerprint density at radius 1 is 0.396 bits per heavy atom. The highest BCUT2D eigenvalue weighted by Gasteiger charge is 2.49. The van der Waals surface area contributed by atoms with Crippen LogP contribution in [0.5, 0.6) is 0 Å². The number of hydrogen-bond donors (Lipinski definition) is 4. The summed E-state index contributed by atoms with van der Waals surface area (Å²) in [5.41, 5.74) is 6.71. The lowest BCUT2D eigenvalue weighted by Crippen LogP contribution is -2.64. The maximum absolute atomic E-state index is 15.7. The summed E-state index contributed by atoms with van der Waals surface area (Å²) < 4.78 is 0. The Labute approximate surface area is 539 Å². The molecular weight excluding hydrogens is 1150 g/mol. The third-order valence-electron chi connectivity index (χ3n) is 18.8. The molecule has 7 rings (SSSR count). The molecular formula is C72H98N10O9. The minimum atomic E-state index is -0.803. The van der Waals surface area contributed by atoms with Crippen molar-refractivity contribution in [1.29, 1.82) is 0 Å². The standard InChI is InChI=1S/C72H98N10O9/c1-50(55-29-19-14-20-30-55)75(63(84)43-74-60-39-69(6,7)81(90)70(8,9)40-60)45-64(85)76(51(2)56-31-21-15-22-32-56)46-65(86)77(52(3)57-33-23-16-24-34-57)47-66(87)78(53(4)58-35-25-17-26-36-58)48-67(88)79(54(5)59-37-27-18-28-38-59)49-68(89)80(44-62(73)83)61-41-71(10,11)82(91)72(12,13)42-61/h14-38,50-54,60-61,74,90-91H,39-49H2,1-13H3,(H2,73,83)/t50?,51-,52?,53-,54?/m1/s1. The van der Waals surface area contributed by atoms with Gasteiger partial charge in [0.1, 0.15) is 32.7 Å². The molecule has 19 heteroatoms. The molecule has 0 spiro atoms. The lowest BCUT2D eigenvalue weighted by atomic mass is 9.78. The van der Waals surface area contributed by atoms with Crippen molar-refractivity contribution in [3.8, 4) is 0 Å². The van der Waals surface area contributed by atoms with Crippen molar-refractivity contribution in [2.24, 2.45) is 5.73 Å². The Balaban J connectivity index is 1.24. The molecule has 3 unspecified atom stereocenters. The number of nitrogens with two attached hydrogens (primary N) is 1. The summed E-state index contributed by atoms with van der Waals surface area (Å²) in [5.74, 6) is -3.89. The molecule has 5 aromatic rings. The van der Waals surface area contributed by atoms with Gasteiger partial charge in [0.15, 0.2) is 0 Å². The molecule has 5 atom stereocenters. The number of hydrogen-bond acceptors (Lipinski definition) is 12. The van der Waals surface area contributed by atoms with Crippen LogP contribution in [0, 0.1) is 0 Å². The summed E-state index contributed by atoms with van der Waals surface area (Å²) in [6.45, 7) is 21.4. The monoisotopic (exact) mass is 1250 g/mol. The molecule has 91 heavy (non-hydrogen) atoms. The van der Waals surface area contributed by atoms with Crippen LogP contribution in [0.15, 0.2) is 152 Å². The fraction of sp³-hybridized carbons (Fsp3) is 0.486. The summed E-state index contributed by atoms with van der Waals surface area (Å²) in [4.78, 5) is 114. The quantitative estimate of drug-likeness (QED) is 0.0406. The van der Waals surface area contributed by atoms with E-state index in [-0.39, 0.29) is 18.5 Å². The molecule has 0 aliphatic carbocycles. The van der Waals surface area contributed by atoms with Crippen molar-refractivity contribution in [2.45, 2.75) is 180 Å². The van der Waals surface area contributed by atoms with Crippen molar-refractivity contribution in [3.63, 3.8) is 0 Å². The number of carbonyl (C=O) groups excluding carboxylic acids is 7. The lowest BCUT2D eigenvalue weighted by Gasteiger charge is -2.53. The van der Waals surface area contributed by atoms with E-state index in [9.17, 15) is 20.0 Å². The zero-order valence-electron chi connectivity index (χ0n) is 55.7. The first kappa shape index (κ1) is 70.6. The van der Waals surface area contributed by atoms with E-state index >= 15 is 24.0 Å². The lowest BCUT2D eigenvalue weighted by molar-refractivity contribution is -0.251. The molecule has 2 aliphatic rings. The molecule has 0 aromatic heterocycles. The maximum Gasteiger partial charge on any atom is 0.243 e. The first-order valence-corrected chi connectivity index (χ1v) is 31.8. The highest BCUT2D eigenvalue weighted by molar-refractivity contribution is 5.93. The number of nitrogens with one attached hydrogen (secondary N) is 1.